The maximum Gasteiger partial charge on any atom is 0.161 e. The number of piperidine rings is 1. The number of benzene rings is 1. The Labute approximate surface area is 191 Å². The molecule has 0 radical (unpaired) electrons. The Hall–Kier alpha value is -2.38. The average molecular weight is 440 g/mol. The largest absolute Gasteiger partial charge is 0.493 e. The van der Waals surface area contributed by atoms with Gasteiger partial charge in [-0.25, -0.2) is 9.97 Å². The Morgan fingerprint density at radius 1 is 1.06 bits per heavy atom. The van der Waals surface area contributed by atoms with Crippen LogP contribution in [-0.4, -0.2) is 55.3 Å². The number of aromatic nitrogens is 2. The fourth-order valence-corrected chi connectivity index (χ4v) is 4.73. The number of nitrogens with zero attached hydrogens (tertiary/aromatic N) is 3. The maximum atomic E-state index is 6.18. The highest BCUT2D eigenvalue weighted by Gasteiger charge is 2.20. The van der Waals surface area contributed by atoms with Crippen molar-refractivity contribution in [2.45, 2.75) is 63.6 Å². The summed E-state index contributed by atoms with van der Waals surface area (Å²) in [6, 6.07) is 8.36. The smallest absolute Gasteiger partial charge is 0.161 e. The first kappa shape index (κ1) is 22.8. The minimum Gasteiger partial charge on any atom is -0.493 e. The van der Waals surface area contributed by atoms with E-state index in [1.165, 1.54) is 31.2 Å². The molecule has 1 aromatic carbocycles. The van der Waals surface area contributed by atoms with Gasteiger partial charge < -0.3 is 20.1 Å². The molecule has 2 N–H and O–H groups in total. The van der Waals surface area contributed by atoms with E-state index < -0.39 is 0 Å². The molecule has 1 aliphatic carbocycles. The number of hydrogen-bond donors (Lipinski definition) is 2. The lowest BCUT2D eigenvalue weighted by atomic mass is 9.96. The predicted octanol–water partition coefficient (Wildman–Crippen LogP) is 3.95. The summed E-state index contributed by atoms with van der Waals surface area (Å²) < 4.78 is 11.8. The molecule has 4 rings (SSSR count). The van der Waals surface area contributed by atoms with Gasteiger partial charge in [-0.1, -0.05) is 6.07 Å². The molecule has 7 heteroatoms. The first-order chi connectivity index (χ1) is 15.6. The van der Waals surface area contributed by atoms with Crippen LogP contribution in [0, 0.1) is 0 Å². The molecule has 0 bridgehead atoms. The third-order valence-corrected chi connectivity index (χ3v) is 6.45. The minimum atomic E-state index is 0.322. The van der Waals surface area contributed by atoms with Crippen molar-refractivity contribution in [2.24, 2.45) is 0 Å². The van der Waals surface area contributed by atoms with Gasteiger partial charge in [0.15, 0.2) is 11.5 Å². The Balaban J connectivity index is 1.42. The van der Waals surface area contributed by atoms with Gasteiger partial charge in [0, 0.05) is 32.1 Å². The summed E-state index contributed by atoms with van der Waals surface area (Å²) in [6.45, 7) is 3.56. The molecule has 1 atom stereocenters. The van der Waals surface area contributed by atoms with Crippen molar-refractivity contribution < 1.29 is 9.47 Å². The van der Waals surface area contributed by atoms with Crippen LogP contribution in [0.2, 0.25) is 0 Å². The maximum absolute atomic E-state index is 6.18. The second kappa shape index (κ2) is 11.0. The van der Waals surface area contributed by atoms with Gasteiger partial charge in [-0.2, -0.15) is 0 Å². The van der Waals surface area contributed by atoms with E-state index in [0.717, 1.165) is 61.3 Å². The van der Waals surface area contributed by atoms with Gasteiger partial charge in [-0.3, -0.25) is 4.90 Å². The molecule has 2 aromatic rings. The summed E-state index contributed by atoms with van der Waals surface area (Å²) in [7, 11) is 5.73. The fraction of sp³-hybridized carbons (Fsp3) is 0.600. The van der Waals surface area contributed by atoms with Crippen molar-refractivity contribution in [1.82, 2.24) is 20.2 Å². The van der Waals surface area contributed by atoms with Crippen LogP contribution < -0.4 is 20.1 Å². The molecule has 7 nitrogen and oxygen atoms in total. The number of anilines is 1. The second-order valence-electron chi connectivity index (χ2n) is 9.07. The lowest BCUT2D eigenvalue weighted by Crippen LogP contribution is -2.29. The zero-order valence-corrected chi connectivity index (χ0v) is 19.7. The average Bonchev–Trinajstić information content (AvgIpc) is 3.33. The van der Waals surface area contributed by atoms with Gasteiger partial charge in [-0.15, -0.1) is 0 Å². The van der Waals surface area contributed by atoms with Crippen LogP contribution in [0.4, 0.5) is 5.82 Å². The van der Waals surface area contributed by atoms with Gasteiger partial charge in [0.25, 0.3) is 0 Å². The molecule has 0 spiro atoms. The van der Waals surface area contributed by atoms with Gasteiger partial charge in [0.1, 0.15) is 11.6 Å². The van der Waals surface area contributed by atoms with E-state index in [4.69, 9.17) is 19.4 Å². The highest BCUT2D eigenvalue weighted by Crippen LogP contribution is 2.32. The molecule has 2 fully saturated rings. The summed E-state index contributed by atoms with van der Waals surface area (Å²) >= 11 is 0. The normalized spacial score (nSPS) is 19.3. The Bertz CT molecular complexity index is 879. The molecule has 174 valence electrons. The number of methoxy groups -OCH3 is 1. The van der Waals surface area contributed by atoms with Crippen molar-refractivity contribution >= 4 is 5.82 Å². The van der Waals surface area contributed by atoms with Crippen LogP contribution in [0.3, 0.4) is 0 Å². The van der Waals surface area contributed by atoms with Gasteiger partial charge in [-0.05, 0) is 69.8 Å². The highest BCUT2D eigenvalue weighted by molar-refractivity contribution is 5.43. The molecular weight excluding hydrogens is 402 g/mol. The Morgan fingerprint density at radius 3 is 2.62 bits per heavy atom. The highest BCUT2D eigenvalue weighted by atomic mass is 16.5. The number of ether oxygens (including phenoxy) is 2. The SMILES string of the molecule is CNc1cc([C@@H]2CCCNC2)nc(CN(C)Cc2ccc(OC3CCCC3)c(OC)c2)n1. The third kappa shape index (κ3) is 5.90. The number of rotatable bonds is 9. The second-order valence-corrected chi connectivity index (χ2v) is 9.07. The van der Waals surface area contributed by atoms with Crippen LogP contribution >= 0.6 is 0 Å². The molecule has 1 saturated heterocycles. The van der Waals surface area contributed by atoms with E-state index in [9.17, 15) is 0 Å². The molecule has 0 amide bonds. The van der Waals surface area contributed by atoms with Gasteiger partial charge in [0.2, 0.25) is 0 Å². The van der Waals surface area contributed by atoms with Crippen LogP contribution in [0.15, 0.2) is 24.3 Å². The van der Waals surface area contributed by atoms with Crippen molar-refractivity contribution in [1.29, 1.82) is 0 Å². The fourth-order valence-electron chi connectivity index (χ4n) is 4.73. The molecule has 2 heterocycles. The zero-order valence-electron chi connectivity index (χ0n) is 19.7. The van der Waals surface area contributed by atoms with Crippen molar-refractivity contribution in [2.75, 3.05) is 39.6 Å². The van der Waals surface area contributed by atoms with E-state index in [0.29, 0.717) is 18.6 Å². The molecule has 2 aliphatic rings. The first-order valence-corrected chi connectivity index (χ1v) is 11.9. The summed E-state index contributed by atoms with van der Waals surface area (Å²) in [4.78, 5) is 11.9. The molecular formula is C25H37N5O2. The zero-order chi connectivity index (χ0) is 22.3. The Kier molecular flexibility index (Phi) is 7.81. The Morgan fingerprint density at radius 2 is 1.91 bits per heavy atom. The minimum absolute atomic E-state index is 0.322. The van der Waals surface area contributed by atoms with Crippen LogP contribution in [0.1, 0.15) is 61.5 Å². The van der Waals surface area contributed by atoms with E-state index in [1.807, 2.05) is 13.1 Å². The van der Waals surface area contributed by atoms with E-state index >= 15 is 0 Å². The molecule has 1 saturated carbocycles. The number of hydrogen-bond acceptors (Lipinski definition) is 7. The summed E-state index contributed by atoms with van der Waals surface area (Å²) in [5.74, 6) is 3.86. The lowest BCUT2D eigenvalue weighted by molar-refractivity contribution is 0.200. The van der Waals surface area contributed by atoms with Gasteiger partial charge in [0.05, 0.1) is 25.5 Å². The monoisotopic (exact) mass is 439 g/mol. The lowest BCUT2D eigenvalue weighted by Gasteiger charge is -2.24. The van der Waals surface area contributed by atoms with Crippen LogP contribution in [0.25, 0.3) is 0 Å². The van der Waals surface area contributed by atoms with E-state index in [-0.39, 0.29) is 0 Å². The summed E-state index contributed by atoms with van der Waals surface area (Å²) in [6.07, 6.45) is 7.48. The van der Waals surface area contributed by atoms with Gasteiger partial charge >= 0.3 is 0 Å². The van der Waals surface area contributed by atoms with E-state index in [1.54, 1.807) is 7.11 Å². The van der Waals surface area contributed by atoms with E-state index in [2.05, 4.69) is 40.8 Å². The van der Waals surface area contributed by atoms with Crippen molar-refractivity contribution in [3.63, 3.8) is 0 Å². The molecule has 32 heavy (non-hydrogen) atoms. The number of nitrogens with one attached hydrogen (secondary N) is 2. The summed E-state index contributed by atoms with van der Waals surface area (Å²) in [5, 5.41) is 6.69. The summed E-state index contributed by atoms with van der Waals surface area (Å²) in [5.41, 5.74) is 2.32. The van der Waals surface area contributed by atoms with Crippen molar-refractivity contribution in [3.05, 3.63) is 41.3 Å². The molecule has 0 unspecified atom stereocenters. The van der Waals surface area contributed by atoms with Crippen LogP contribution in [0.5, 0.6) is 11.5 Å². The molecule has 1 aromatic heterocycles. The topological polar surface area (TPSA) is 71.5 Å². The molecule has 1 aliphatic heterocycles. The standard InChI is InChI=1S/C25H37N5O2/c1-26-24-14-21(19-7-6-12-27-15-19)28-25(29-24)17-30(2)16-18-10-11-22(23(13-18)31-3)32-20-8-4-5-9-20/h10-11,13-14,19-20,27H,4-9,12,15-17H2,1-3H3,(H,26,28,29)/t19-/m1/s1. The third-order valence-electron chi connectivity index (χ3n) is 6.45. The van der Waals surface area contributed by atoms with Crippen molar-refractivity contribution in [3.8, 4) is 11.5 Å². The predicted molar refractivity (Wildman–Crippen MR) is 127 cm³/mol. The van der Waals surface area contributed by atoms with Crippen LogP contribution in [-0.2, 0) is 13.1 Å². The quantitative estimate of drug-likeness (QED) is 0.613. The first-order valence-electron chi connectivity index (χ1n) is 11.9.